The molecule has 0 spiro atoms. The van der Waals surface area contributed by atoms with Gasteiger partial charge in [0.15, 0.2) is 0 Å². The van der Waals surface area contributed by atoms with E-state index in [1.54, 1.807) is 0 Å². The average molecular weight is 562 g/mol. The van der Waals surface area contributed by atoms with Crippen LogP contribution in [0.1, 0.15) is 0 Å². The normalized spacial score (nSPS) is 11.6. The van der Waals surface area contributed by atoms with Gasteiger partial charge in [0.25, 0.3) is 9.05 Å². The Bertz CT molecular complexity index is 892. The predicted molar refractivity (Wildman–Crippen MR) is 98.3 cm³/mol. The fourth-order valence-electron chi connectivity index (χ4n) is 1.18. The van der Waals surface area contributed by atoms with Gasteiger partial charge >= 0.3 is 0 Å². The van der Waals surface area contributed by atoms with E-state index in [0.717, 1.165) is 0 Å². The number of nitrogens with zero attached hydrogens (tertiary/aromatic N) is 2. The fourth-order valence-corrected chi connectivity index (χ4v) is 4.55. The van der Waals surface area contributed by atoms with Gasteiger partial charge in [0, 0.05) is 32.0 Å². The lowest BCUT2D eigenvalue weighted by atomic mass is 10.5. The first-order valence-corrected chi connectivity index (χ1v) is 11.6. The highest BCUT2D eigenvalue weighted by atomic mass is 79.9. The Balaban J connectivity index is 0.000000240. The molecule has 2 heterocycles. The molecule has 0 saturated heterocycles. The highest BCUT2D eigenvalue weighted by Crippen LogP contribution is 2.25. The molecule has 2 aromatic heterocycles. The number of primary sulfonamides is 1. The van der Waals surface area contributed by atoms with Gasteiger partial charge in [-0.05, 0) is 44.0 Å². The Labute approximate surface area is 169 Å². The Morgan fingerprint density at radius 2 is 1.25 bits per heavy atom. The maximum absolute atomic E-state index is 10.8. The summed E-state index contributed by atoms with van der Waals surface area (Å²) in [7, 11) is -2.53. The van der Waals surface area contributed by atoms with Crippen molar-refractivity contribution in [1.82, 2.24) is 9.97 Å². The van der Waals surface area contributed by atoms with Crippen LogP contribution in [0.5, 0.6) is 0 Å². The minimum atomic E-state index is -3.81. The van der Waals surface area contributed by atoms with Crippen LogP contribution in [0, 0.1) is 0 Å². The van der Waals surface area contributed by atoms with Crippen LogP contribution in [0.15, 0.2) is 43.3 Å². The van der Waals surface area contributed by atoms with E-state index in [9.17, 15) is 16.8 Å². The Hall–Kier alpha value is -0.0100. The minimum absolute atomic E-state index is 0.124. The van der Waals surface area contributed by atoms with Gasteiger partial charge in [-0.2, -0.15) is 0 Å². The molecule has 24 heavy (non-hydrogen) atoms. The maximum Gasteiger partial charge on any atom is 0.264 e. The molecule has 0 aliphatic heterocycles. The van der Waals surface area contributed by atoms with Crippen LogP contribution < -0.4 is 5.14 Å². The second-order valence-corrected chi connectivity index (χ2v) is 10.5. The number of hydrogen-bond acceptors (Lipinski definition) is 6. The van der Waals surface area contributed by atoms with Crippen molar-refractivity contribution >= 4 is 84.8 Å². The van der Waals surface area contributed by atoms with Crippen LogP contribution in [0.4, 0.5) is 0 Å². The van der Waals surface area contributed by atoms with Gasteiger partial charge in [0.1, 0.15) is 20.1 Å². The number of aromatic nitrogens is 2. The first-order valence-electron chi connectivity index (χ1n) is 5.42. The van der Waals surface area contributed by atoms with Crippen molar-refractivity contribution in [2.24, 2.45) is 5.14 Å². The largest absolute Gasteiger partial charge is 0.264 e. The quantitative estimate of drug-likeness (QED) is 0.442. The molecular formula is C10H6Br2Cl3N3O4S2. The molecule has 0 saturated carbocycles. The molecule has 14 heteroatoms. The zero-order valence-corrected chi connectivity index (χ0v) is 18.2. The third kappa shape index (κ3) is 6.71. The van der Waals surface area contributed by atoms with E-state index in [2.05, 4.69) is 41.8 Å². The molecular weight excluding hydrogens is 556 g/mol. The number of sulfonamides is 1. The van der Waals surface area contributed by atoms with E-state index in [1.165, 1.54) is 24.5 Å². The van der Waals surface area contributed by atoms with Gasteiger partial charge in [0.05, 0.1) is 0 Å². The van der Waals surface area contributed by atoms with E-state index < -0.39 is 19.1 Å². The molecule has 0 aromatic carbocycles. The molecule has 0 fully saturated rings. The van der Waals surface area contributed by atoms with Gasteiger partial charge < -0.3 is 0 Å². The van der Waals surface area contributed by atoms with Crippen LogP contribution in [0.3, 0.4) is 0 Å². The summed E-state index contributed by atoms with van der Waals surface area (Å²) >= 11 is 17.1. The molecule has 132 valence electrons. The lowest BCUT2D eigenvalue weighted by Gasteiger charge is -1.99. The fraction of sp³-hybridized carbons (Fsp3) is 0. The summed E-state index contributed by atoms with van der Waals surface area (Å²) < 4.78 is 44.3. The van der Waals surface area contributed by atoms with Crippen molar-refractivity contribution in [3.05, 3.63) is 43.8 Å². The third-order valence-electron chi connectivity index (χ3n) is 2.12. The molecule has 0 aliphatic rings. The molecule has 0 aliphatic carbocycles. The second-order valence-electron chi connectivity index (χ2n) is 3.87. The lowest BCUT2D eigenvalue weighted by molar-refractivity contribution is 0.597. The number of pyridine rings is 2. The lowest BCUT2D eigenvalue weighted by Crippen LogP contribution is -2.13. The smallest absolute Gasteiger partial charge is 0.242 e. The van der Waals surface area contributed by atoms with Gasteiger partial charge in [-0.1, -0.05) is 23.2 Å². The molecule has 0 amide bonds. The molecule has 7 nitrogen and oxygen atoms in total. The first-order chi connectivity index (χ1) is 10.8. The van der Waals surface area contributed by atoms with Crippen molar-refractivity contribution in [3.8, 4) is 0 Å². The van der Waals surface area contributed by atoms with Gasteiger partial charge in [-0.25, -0.2) is 31.9 Å². The van der Waals surface area contributed by atoms with Crippen molar-refractivity contribution in [1.29, 1.82) is 0 Å². The highest BCUT2D eigenvalue weighted by Gasteiger charge is 2.16. The predicted octanol–water partition coefficient (Wildman–Crippen LogP) is 3.57. The number of halogens is 5. The molecule has 2 aromatic rings. The summed E-state index contributed by atoms with van der Waals surface area (Å²) in [4.78, 5) is 6.83. The molecule has 0 atom stereocenters. The van der Waals surface area contributed by atoms with Gasteiger partial charge in [0.2, 0.25) is 10.0 Å². The van der Waals surface area contributed by atoms with Crippen LogP contribution in [-0.2, 0) is 19.1 Å². The summed E-state index contributed by atoms with van der Waals surface area (Å²) in [6, 6.07) is 2.59. The molecule has 0 bridgehead atoms. The third-order valence-corrected chi connectivity index (χ3v) is 6.07. The molecule has 2 rings (SSSR count). The van der Waals surface area contributed by atoms with Crippen LogP contribution in [0.2, 0.25) is 10.3 Å². The Morgan fingerprint density at radius 1 is 0.875 bits per heavy atom. The zero-order chi connectivity index (χ0) is 18.7. The van der Waals surface area contributed by atoms with Crippen molar-refractivity contribution < 1.29 is 16.8 Å². The van der Waals surface area contributed by atoms with Crippen LogP contribution in [0.25, 0.3) is 0 Å². The summed E-state index contributed by atoms with van der Waals surface area (Å²) in [5.41, 5.74) is 0. The zero-order valence-electron chi connectivity index (χ0n) is 11.1. The number of hydrogen-bond donors (Lipinski definition) is 1. The van der Waals surface area contributed by atoms with Crippen molar-refractivity contribution in [3.63, 3.8) is 0 Å². The van der Waals surface area contributed by atoms with E-state index >= 15 is 0 Å². The summed E-state index contributed by atoms with van der Waals surface area (Å²) in [6.07, 6.45) is 2.77. The standard InChI is InChI=1S/C5H2BrCl2NO2S.C5H4BrClN2O2S/c2*6-3-1-4(12(8,10)11)5(7)9-2-3/h1-2H;1-2H,(H2,8,10,11). The second kappa shape index (κ2) is 8.58. The summed E-state index contributed by atoms with van der Waals surface area (Å²) in [6.45, 7) is 0. The van der Waals surface area contributed by atoms with Crippen molar-refractivity contribution in [2.45, 2.75) is 9.79 Å². The van der Waals surface area contributed by atoms with E-state index in [-0.39, 0.29) is 20.1 Å². The Morgan fingerprint density at radius 3 is 1.54 bits per heavy atom. The van der Waals surface area contributed by atoms with E-state index in [4.69, 9.17) is 39.0 Å². The van der Waals surface area contributed by atoms with Crippen LogP contribution in [-0.4, -0.2) is 26.8 Å². The minimum Gasteiger partial charge on any atom is -0.242 e. The van der Waals surface area contributed by atoms with E-state index in [0.29, 0.717) is 8.95 Å². The first kappa shape index (κ1) is 22.0. The number of nitrogens with two attached hydrogens (primary N) is 1. The van der Waals surface area contributed by atoms with Gasteiger partial charge in [-0.15, -0.1) is 0 Å². The summed E-state index contributed by atoms with van der Waals surface area (Å²) in [5, 5.41) is 4.60. The molecule has 0 radical (unpaired) electrons. The summed E-state index contributed by atoms with van der Waals surface area (Å²) in [5.74, 6) is 0. The molecule has 0 unspecified atom stereocenters. The molecule has 2 N–H and O–H groups in total. The Kier molecular flexibility index (Phi) is 7.88. The topological polar surface area (TPSA) is 120 Å². The average Bonchev–Trinajstić information content (AvgIpc) is 2.42. The monoisotopic (exact) mass is 559 g/mol. The van der Waals surface area contributed by atoms with Crippen LogP contribution >= 0.6 is 65.7 Å². The number of rotatable bonds is 2. The van der Waals surface area contributed by atoms with E-state index in [1.807, 2.05) is 0 Å². The highest BCUT2D eigenvalue weighted by molar-refractivity contribution is 9.10. The van der Waals surface area contributed by atoms with Gasteiger partial charge in [-0.3, -0.25) is 0 Å². The SMILES string of the molecule is NS(=O)(=O)c1cc(Br)cnc1Cl.O=S(=O)(Cl)c1cc(Br)cnc1Cl. The maximum atomic E-state index is 10.8. The van der Waals surface area contributed by atoms with Crippen molar-refractivity contribution in [2.75, 3.05) is 0 Å².